The highest BCUT2D eigenvalue weighted by Crippen LogP contribution is 2.17. The topological polar surface area (TPSA) is 67.2 Å². The third-order valence-corrected chi connectivity index (χ3v) is 4.83. The number of carbonyl (C=O) groups excluding carboxylic acids is 1. The smallest absolute Gasteiger partial charge is 0.293 e. The Morgan fingerprint density at radius 3 is 2.77 bits per heavy atom. The summed E-state index contributed by atoms with van der Waals surface area (Å²) in [5.74, 6) is -0.208. The molecule has 0 radical (unpaired) electrons. The van der Waals surface area contributed by atoms with Crippen LogP contribution in [-0.4, -0.2) is 34.6 Å². The lowest BCUT2D eigenvalue weighted by Crippen LogP contribution is -2.46. The number of benzene rings is 1. The van der Waals surface area contributed by atoms with E-state index in [4.69, 9.17) is 0 Å². The predicted octanol–water partition coefficient (Wildman–Crippen LogP) is 1.88. The fourth-order valence-corrected chi connectivity index (χ4v) is 3.27. The number of nitrogens with one attached hydrogen (secondary N) is 1. The number of nitrogens with zero attached hydrogens (tertiary/aromatic N) is 3. The molecule has 1 aromatic heterocycles. The lowest BCUT2D eigenvalue weighted by Gasteiger charge is -2.32. The molecule has 1 N–H and O–H groups in total. The predicted molar refractivity (Wildman–Crippen MR) is 98.0 cm³/mol. The van der Waals surface area contributed by atoms with E-state index in [9.17, 15) is 14.0 Å². The van der Waals surface area contributed by atoms with Crippen molar-refractivity contribution in [2.75, 3.05) is 18.0 Å². The van der Waals surface area contributed by atoms with Crippen molar-refractivity contribution in [3.8, 4) is 0 Å². The molecule has 2 aromatic rings. The molecule has 0 aliphatic carbocycles. The van der Waals surface area contributed by atoms with Gasteiger partial charge in [0.1, 0.15) is 5.82 Å². The fourth-order valence-electron chi connectivity index (χ4n) is 3.27. The molecule has 1 amide bonds. The summed E-state index contributed by atoms with van der Waals surface area (Å²) in [6.07, 6.45) is 5.33. The van der Waals surface area contributed by atoms with E-state index in [1.807, 2.05) is 11.8 Å². The van der Waals surface area contributed by atoms with E-state index in [0.717, 1.165) is 5.56 Å². The highest BCUT2D eigenvalue weighted by atomic mass is 19.1. The van der Waals surface area contributed by atoms with Crippen molar-refractivity contribution in [1.82, 2.24) is 14.9 Å². The van der Waals surface area contributed by atoms with Crippen LogP contribution in [0.5, 0.6) is 0 Å². The van der Waals surface area contributed by atoms with Gasteiger partial charge in [0.15, 0.2) is 5.82 Å². The van der Waals surface area contributed by atoms with Gasteiger partial charge in [0, 0.05) is 44.1 Å². The molecule has 7 heteroatoms. The van der Waals surface area contributed by atoms with E-state index < -0.39 is 5.82 Å². The molecule has 0 bridgehead atoms. The quantitative estimate of drug-likeness (QED) is 0.906. The molecule has 6 nitrogen and oxygen atoms in total. The maximum atomic E-state index is 13.5. The van der Waals surface area contributed by atoms with Gasteiger partial charge in [-0.25, -0.2) is 9.37 Å². The molecule has 1 fully saturated rings. The molecule has 0 unspecified atom stereocenters. The molecule has 2 heterocycles. The molecule has 1 aliphatic heterocycles. The van der Waals surface area contributed by atoms with Crippen molar-refractivity contribution >= 4 is 11.7 Å². The van der Waals surface area contributed by atoms with Gasteiger partial charge in [0.25, 0.3) is 11.5 Å². The first-order chi connectivity index (χ1) is 12.5. The number of carbonyl (C=O) groups is 1. The molecule has 1 aliphatic rings. The Labute approximate surface area is 151 Å². The van der Waals surface area contributed by atoms with Gasteiger partial charge in [-0.3, -0.25) is 9.59 Å². The first-order valence-corrected chi connectivity index (χ1v) is 8.85. The Morgan fingerprint density at radius 1 is 1.35 bits per heavy atom. The zero-order chi connectivity index (χ0) is 18.7. The molecule has 26 heavy (non-hydrogen) atoms. The first kappa shape index (κ1) is 18.1. The lowest BCUT2D eigenvalue weighted by atomic mass is 10.0. The van der Waals surface area contributed by atoms with Gasteiger partial charge in [0.2, 0.25) is 0 Å². The van der Waals surface area contributed by atoms with E-state index in [0.29, 0.717) is 43.7 Å². The van der Waals surface area contributed by atoms with Crippen molar-refractivity contribution in [2.45, 2.75) is 32.2 Å². The van der Waals surface area contributed by atoms with Crippen LogP contribution >= 0.6 is 0 Å². The first-order valence-electron chi connectivity index (χ1n) is 8.85. The maximum Gasteiger partial charge on any atom is 0.293 e. The van der Waals surface area contributed by atoms with E-state index in [-0.39, 0.29) is 17.5 Å². The molecule has 0 saturated carbocycles. The Balaban J connectivity index is 1.64. The molecule has 3 rings (SSSR count). The summed E-state index contributed by atoms with van der Waals surface area (Å²) < 4.78 is 15.0. The number of halogens is 1. The lowest BCUT2D eigenvalue weighted by molar-refractivity contribution is 0.0929. The minimum Gasteiger partial charge on any atom is -0.352 e. The summed E-state index contributed by atoms with van der Waals surface area (Å²) in [6, 6.07) is 4.32. The molecule has 138 valence electrons. The summed E-state index contributed by atoms with van der Waals surface area (Å²) in [5.41, 5.74) is 1.11. The Morgan fingerprint density at radius 2 is 2.08 bits per heavy atom. The monoisotopic (exact) mass is 358 g/mol. The van der Waals surface area contributed by atoms with Gasteiger partial charge < -0.3 is 14.8 Å². The highest BCUT2D eigenvalue weighted by Gasteiger charge is 2.24. The van der Waals surface area contributed by atoms with E-state index >= 15 is 0 Å². The van der Waals surface area contributed by atoms with Crippen LogP contribution in [0.1, 0.15) is 35.7 Å². The van der Waals surface area contributed by atoms with Crippen LogP contribution in [-0.2, 0) is 13.5 Å². The molecule has 0 spiro atoms. The molecular formula is C19H23FN4O2. The fraction of sp³-hybridized carbons (Fsp3) is 0.421. The summed E-state index contributed by atoms with van der Waals surface area (Å²) in [6.45, 7) is 3.22. The van der Waals surface area contributed by atoms with Crippen molar-refractivity contribution in [3.05, 3.63) is 57.9 Å². The zero-order valence-corrected chi connectivity index (χ0v) is 15.0. The standard InChI is InChI=1S/C19H23FN4O2/c1-3-13-4-5-14(20)12-16(13)18(25)22-15-6-9-24(10-7-15)17-19(26)23(2)11-8-21-17/h4-5,8,11-12,15H,3,6-7,9-10H2,1-2H3,(H,22,25). The second kappa shape index (κ2) is 7.68. The van der Waals surface area contributed by atoms with Crippen LogP contribution in [0.15, 0.2) is 35.4 Å². The Hall–Kier alpha value is -2.70. The number of amides is 1. The SMILES string of the molecule is CCc1ccc(F)cc1C(=O)NC1CCN(c2nccn(C)c2=O)CC1. The summed E-state index contributed by atoms with van der Waals surface area (Å²) in [7, 11) is 1.70. The van der Waals surface area contributed by atoms with Crippen LogP contribution < -0.4 is 15.8 Å². The number of hydrogen-bond donors (Lipinski definition) is 1. The number of piperidine rings is 1. The minimum absolute atomic E-state index is 0.000659. The van der Waals surface area contributed by atoms with Crippen molar-refractivity contribution in [2.24, 2.45) is 7.05 Å². The average Bonchev–Trinajstić information content (AvgIpc) is 2.64. The van der Waals surface area contributed by atoms with Gasteiger partial charge in [0.05, 0.1) is 0 Å². The number of aryl methyl sites for hydroxylation is 2. The van der Waals surface area contributed by atoms with Crippen LogP contribution in [0.2, 0.25) is 0 Å². The molecule has 0 atom stereocenters. The number of anilines is 1. The summed E-state index contributed by atoms with van der Waals surface area (Å²) >= 11 is 0. The van der Waals surface area contributed by atoms with Crippen LogP contribution in [0, 0.1) is 5.82 Å². The van der Waals surface area contributed by atoms with E-state index in [2.05, 4.69) is 10.3 Å². The van der Waals surface area contributed by atoms with Gasteiger partial charge in [-0.2, -0.15) is 0 Å². The summed E-state index contributed by atoms with van der Waals surface area (Å²) in [5, 5.41) is 3.00. The number of aromatic nitrogens is 2. The molecule has 1 aromatic carbocycles. The van der Waals surface area contributed by atoms with Crippen molar-refractivity contribution < 1.29 is 9.18 Å². The van der Waals surface area contributed by atoms with Crippen molar-refractivity contribution in [3.63, 3.8) is 0 Å². The minimum atomic E-state index is -0.409. The Bertz CT molecular complexity index is 857. The zero-order valence-electron chi connectivity index (χ0n) is 15.0. The molecule has 1 saturated heterocycles. The van der Waals surface area contributed by atoms with E-state index in [1.165, 1.54) is 16.7 Å². The van der Waals surface area contributed by atoms with Gasteiger partial charge in [-0.15, -0.1) is 0 Å². The largest absolute Gasteiger partial charge is 0.352 e. The number of hydrogen-bond acceptors (Lipinski definition) is 4. The van der Waals surface area contributed by atoms with Crippen LogP contribution in [0.4, 0.5) is 10.2 Å². The molecular weight excluding hydrogens is 335 g/mol. The Kier molecular flexibility index (Phi) is 5.35. The van der Waals surface area contributed by atoms with Gasteiger partial charge >= 0.3 is 0 Å². The van der Waals surface area contributed by atoms with Crippen molar-refractivity contribution in [1.29, 1.82) is 0 Å². The van der Waals surface area contributed by atoms with Gasteiger partial charge in [-0.1, -0.05) is 13.0 Å². The highest BCUT2D eigenvalue weighted by molar-refractivity contribution is 5.95. The second-order valence-corrected chi connectivity index (χ2v) is 6.56. The third kappa shape index (κ3) is 3.76. The van der Waals surface area contributed by atoms with Crippen LogP contribution in [0.25, 0.3) is 0 Å². The summed E-state index contributed by atoms with van der Waals surface area (Å²) in [4.78, 5) is 30.8. The average molecular weight is 358 g/mol. The maximum absolute atomic E-state index is 13.5. The number of rotatable bonds is 4. The van der Waals surface area contributed by atoms with E-state index in [1.54, 1.807) is 25.5 Å². The third-order valence-electron chi connectivity index (χ3n) is 4.83. The normalized spacial score (nSPS) is 15.1. The second-order valence-electron chi connectivity index (χ2n) is 6.56. The van der Waals surface area contributed by atoms with Gasteiger partial charge in [-0.05, 0) is 37.0 Å². The van der Waals surface area contributed by atoms with Crippen LogP contribution in [0.3, 0.4) is 0 Å².